The van der Waals surface area contributed by atoms with Crippen LogP contribution in [0.5, 0.6) is 0 Å². The molecule has 144 valence electrons. The Bertz CT molecular complexity index is 1260. The number of pyridine rings is 2. The average Bonchev–Trinajstić information content (AvgIpc) is 2.67. The SMILES string of the molecule is Cc1[nH]c2c(Cl)cccc2c(=O)c1C.Cc1nc2c(Cl)cccc2c(Cl)c1C. The maximum atomic E-state index is 11.8. The van der Waals surface area contributed by atoms with Crippen LogP contribution in [-0.4, -0.2) is 9.97 Å². The van der Waals surface area contributed by atoms with E-state index in [1.807, 2.05) is 45.9 Å². The van der Waals surface area contributed by atoms with Crippen molar-refractivity contribution >= 4 is 56.6 Å². The summed E-state index contributed by atoms with van der Waals surface area (Å²) in [6, 6.07) is 11.0. The fraction of sp³-hybridized carbons (Fsp3) is 0.182. The van der Waals surface area contributed by atoms with Crippen LogP contribution in [-0.2, 0) is 0 Å². The molecule has 0 aliphatic heterocycles. The number of hydrogen-bond donors (Lipinski definition) is 1. The highest BCUT2D eigenvalue weighted by atomic mass is 35.5. The van der Waals surface area contributed by atoms with Gasteiger partial charge in [-0.3, -0.25) is 9.78 Å². The van der Waals surface area contributed by atoms with Gasteiger partial charge in [0, 0.05) is 27.7 Å². The number of halogens is 3. The second-order valence-corrected chi connectivity index (χ2v) is 7.83. The Morgan fingerprint density at radius 2 is 1.43 bits per heavy atom. The molecule has 3 nitrogen and oxygen atoms in total. The molecule has 2 aromatic heterocycles. The van der Waals surface area contributed by atoms with Gasteiger partial charge in [0.1, 0.15) is 0 Å². The van der Waals surface area contributed by atoms with Gasteiger partial charge in [0.15, 0.2) is 5.43 Å². The molecular formula is C22H19Cl3N2O. The molecule has 0 saturated carbocycles. The van der Waals surface area contributed by atoms with Crippen molar-refractivity contribution in [2.24, 2.45) is 0 Å². The van der Waals surface area contributed by atoms with Crippen LogP contribution in [0.15, 0.2) is 41.2 Å². The predicted octanol–water partition coefficient (Wildman–Crippen LogP) is 6.96. The minimum atomic E-state index is 0.0544. The highest BCUT2D eigenvalue weighted by molar-refractivity contribution is 6.39. The molecule has 0 atom stereocenters. The van der Waals surface area contributed by atoms with Crippen molar-refractivity contribution in [1.29, 1.82) is 0 Å². The van der Waals surface area contributed by atoms with Crippen LogP contribution < -0.4 is 5.43 Å². The van der Waals surface area contributed by atoms with Gasteiger partial charge in [-0.15, -0.1) is 0 Å². The maximum Gasteiger partial charge on any atom is 0.192 e. The van der Waals surface area contributed by atoms with Gasteiger partial charge in [0.2, 0.25) is 0 Å². The molecule has 0 fully saturated rings. The zero-order valence-corrected chi connectivity index (χ0v) is 18.2. The van der Waals surface area contributed by atoms with Crippen molar-refractivity contribution in [1.82, 2.24) is 9.97 Å². The van der Waals surface area contributed by atoms with E-state index in [1.165, 1.54) is 0 Å². The smallest absolute Gasteiger partial charge is 0.192 e. The van der Waals surface area contributed by atoms with E-state index in [4.69, 9.17) is 34.8 Å². The molecule has 6 heteroatoms. The fourth-order valence-corrected chi connectivity index (χ4v) is 3.64. The quantitative estimate of drug-likeness (QED) is 0.326. The van der Waals surface area contributed by atoms with Crippen molar-refractivity contribution in [3.8, 4) is 0 Å². The molecule has 0 aliphatic rings. The van der Waals surface area contributed by atoms with Crippen molar-refractivity contribution in [2.45, 2.75) is 27.7 Å². The Morgan fingerprint density at radius 3 is 2.11 bits per heavy atom. The molecule has 4 aromatic rings. The topological polar surface area (TPSA) is 45.8 Å². The molecule has 28 heavy (non-hydrogen) atoms. The molecule has 4 rings (SSSR count). The standard InChI is InChI=1S/C11H9Cl2N.C11H10ClNO/c1-6-7(2)14-11-8(10(6)13)4-3-5-9(11)12;1-6-7(2)13-10-8(11(6)14)4-3-5-9(10)12/h3-5H,1-2H3;3-5H,1-2H3,(H,13,14). The molecule has 0 bridgehead atoms. The van der Waals surface area contributed by atoms with Crippen LogP contribution in [0, 0.1) is 27.7 Å². The first-order chi connectivity index (χ1) is 13.2. The predicted molar refractivity (Wildman–Crippen MR) is 120 cm³/mol. The fourth-order valence-electron chi connectivity index (χ4n) is 2.91. The molecule has 0 unspecified atom stereocenters. The van der Waals surface area contributed by atoms with Crippen LogP contribution in [0.4, 0.5) is 0 Å². The number of nitrogens with one attached hydrogen (secondary N) is 1. The van der Waals surface area contributed by atoms with Gasteiger partial charge >= 0.3 is 0 Å². The summed E-state index contributed by atoms with van der Waals surface area (Å²) in [5.74, 6) is 0. The number of nitrogens with zero attached hydrogens (tertiary/aromatic N) is 1. The first-order valence-electron chi connectivity index (χ1n) is 8.71. The van der Waals surface area contributed by atoms with E-state index in [0.717, 1.165) is 44.0 Å². The Balaban J connectivity index is 0.000000161. The molecule has 0 amide bonds. The Hall–Kier alpha value is -2.07. The van der Waals surface area contributed by atoms with E-state index in [2.05, 4.69) is 9.97 Å². The summed E-state index contributed by atoms with van der Waals surface area (Å²) in [5, 5.41) is 3.55. The molecule has 2 aromatic carbocycles. The Morgan fingerprint density at radius 1 is 0.821 bits per heavy atom. The first kappa shape index (κ1) is 20.7. The van der Waals surface area contributed by atoms with Gasteiger partial charge in [0.05, 0.1) is 26.1 Å². The number of rotatable bonds is 0. The minimum absolute atomic E-state index is 0.0544. The molecule has 2 heterocycles. The van der Waals surface area contributed by atoms with E-state index in [0.29, 0.717) is 15.4 Å². The highest BCUT2D eigenvalue weighted by Crippen LogP contribution is 2.31. The lowest BCUT2D eigenvalue weighted by atomic mass is 10.1. The van der Waals surface area contributed by atoms with Crippen LogP contribution in [0.25, 0.3) is 21.8 Å². The monoisotopic (exact) mass is 432 g/mol. The van der Waals surface area contributed by atoms with Crippen molar-refractivity contribution in [3.05, 3.63) is 84.2 Å². The van der Waals surface area contributed by atoms with Gasteiger partial charge < -0.3 is 4.98 Å². The number of aromatic amines is 1. The average molecular weight is 434 g/mol. The minimum Gasteiger partial charge on any atom is -0.357 e. The van der Waals surface area contributed by atoms with E-state index in [-0.39, 0.29) is 5.43 Å². The highest BCUT2D eigenvalue weighted by Gasteiger charge is 2.09. The number of benzene rings is 2. The van der Waals surface area contributed by atoms with Gasteiger partial charge in [0.25, 0.3) is 0 Å². The number of fused-ring (bicyclic) bond motifs is 2. The Labute approximate surface area is 178 Å². The number of hydrogen-bond acceptors (Lipinski definition) is 2. The number of aromatic nitrogens is 2. The molecule has 1 N–H and O–H groups in total. The summed E-state index contributed by atoms with van der Waals surface area (Å²) < 4.78 is 0. The summed E-state index contributed by atoms with van der Waals surface area (Å²) >= 11 is 18.2. The second kappa shape index (κ2) is 8.12. The third kappa shape index (κ3) is 3.75. The van der Waals surface area contributed by atoms with Gasteiger partial charge in [-0.1, -0.05) is 53.0 Å². The molecular weight excluding hydrogens is 415 g/mol. The van der Waals surface area contributed by atoms with Gasteiger partial charge in [-0.05, 0) is 51.5 Å². The van der Waals surface area contributed by atoms with E-state index in [9.17, 15) is 4.79 Å². The zero-order chi connectivity index (χ0) is 20.6. The van der Waals surface area contributed by atoms with Crippen molar-refractivity contribution in [3.63, 3.8) is 0 Å². The third-order valence-corrected chi connectivity index (χ3v) is 5.96. The number of para-hydroxylation sites is 2. The van der Waals surface area contributed by atoms with Crippen molar-refractivity contribution in [2.75, 3.05) is 0 Å². The number of aryl methyl sites for hydroxylation is 2. The lowest BCUT2D eigenvalue weighted by Gasteiger charge is -2.07. The summed E-state index contributed by atoms with van der Waals surface area (Å²) in [7, 11) is 0. The van der Waals surface area contributed by atoms with Crippen LogP contribution in [0.1, 0.15) is 22.5 Å². The van der Waals surface area contributed by atoms with Gasteiger partial charge in [-0.25, -0.2) is 0 Å². The van der Waals surface area contributed by atoms with Crippen LogP contribution in [0.2, 0.25) is 15.1 Å². The summed E-state index contributed by atoms with van der Waals surface area (Å²) in [6.07, 6.45) is 0. The zero-order valence-electron chi connectivity index (χ0n) is 16.0. The van der Waals surface area contributed by atoms with E-state index >= 15 is 0 Å². The molecule has 0 radical (unpaired) electrons. The van der Waals surface area contributed by atoms with E-state index < -0.39 is 0 Å². The lowest BCUT2D eigenvalue weighted by Crippen LogP contribution is -2.09. The lowest BCUT2D eigenvalue weighted by molar-refractivity contribution is 1.18. The summed E-state index contributed by atoms with van der Waals surface area (Å²) in [4.78, 5) is 19.4. The van der Waals surface area contributed by atoms with Gasteiger partial charge in [-0.2, -0.15) is 0 Å². The normalized spacial score (nSPS) is 10.8. The second-order valence-electron chi connectivity index (χ2n) is 6.64. The first-order valence-corrected chi connectivity index (χ1v) is 9.84. The molecule has 0 saturated heterocycles. The molecule has 0 spiro atoms. The largest absolute Gasteiger partial charge is 0.357 e. The summed E-state index contributed by atoms with van der Waals surface area (Å²) in [5.41, 5.74) is 5.12. The Kier molecular flexibility index (Phi) is 5.99. The third-order valence-electron chi connectivity index (χ3n) is 4.85. The van der Waals surface area contributed by atoms with Crippen molar-refractivity contribution < 1.29 is 0 Å². The number of H-pyrrole nitrogens is 1. The van der Waals surface area contributed by atoms with E-state index in [1.54, 1.807) is 18.2 Å². The van der Waals surface area contributed by atoms with Crippen LogP contribution >= 0.6 is 34.8 Å². The molecule has 0 aliphatic carbocycles. The summed E-state index contributed by atoms with van der Waals surface area (Å²) in [6.45, 7) is 7.59. The van der Waals surface area contributed by atoms with Crippen LogP contribution in [0.3, 0.4) is 0 Å². The maximum absolute atomic E-state index is 11.8.